The molecular weight excluding hydrogens is 370 g/mol. The Morgan fingerprint density at radius 1 is 1.30 bits per heavy atom. The fourth-order valence-corrected chi connectivity index (χ4v) is 3.43. The summed E-state index contributed by atoms with van der Waals surface area (Å²) in [6.07, 6.45) is 0.264. The summed E-state index contributed by atoms with van der Waals surface area (Å²) >= 11 is 5.81. The third-order valence-corrected chi connectivity index (χ3v) is 4.75. The van der Waals surface area contributed by atoms with Gasteiger partial charge in [0.15, 0.2) is 22.5 Å². The van der Waals surface area contributed by atoms with Gasteiger partial charge >= 0.3 is 0 Å². The normalized spacial score (nSPS) is 16.0. The Labute approximate surface area is 159 Å². The van der Waals surface area contributed by atoms with Gasteiger partial charge in [-0.25, -0.2) is 0 Å². The Kier molecular flexibility index (Phi) is 4.19. The molecule has 138 valence electrons. The van der Waals surface area contributed by atoms with Crippen LogP contribution in [0.1, 0.15) is 29.2 Å². The highest BCUT2D eigenvalue weighted by Gasteiger charge is 2.33. The first-order valence-corrected chi connectivity index (χ1v) is 8.61. The summed E-state index contributed by atoms with van der Waals surface area (Å²) < 4.78 is 6.76. The Bertz CT molecular complexity index is 1030. The number of carbonyl (C=O) groups is 1. The number of carbonyl (C=O) groups excluding carboxylic acids is 1. The number of aromatic nitrogens is 4. The van der Waals surface area contributed by atoms with Crippen molar-refractivity contribution >= 4 is 23.3 Å². The maximum absolute atomic E-state index is 12.4. The monoisotopic (exact) mass is 385 g/mol. The van der Waals surface area contributed by atoms with Crippen molar-refractivity contribution in [2.75, 3.05) is 12.4 Å². The standard InChI is InChI=1S/C18H16ClN5O3/c1-9-17-11(10-3-4-12(25)13(7-10)27-2)8-16(26)20-18(17)24(23-9)15-6-5-14(19)21-22-15/h3-7,11,25H,8H2,1-2H3,(H,20,26). The van der Waals surface area contributed by atoms with E-state index in [4.69, 9.17) is 16.3 Å². The first kappa shape index (κ1) is 17.3. The average Bonchev–Trinajstić information content (AvgIpc) is 2.98. The number of nitrogens with zero attached hydrogens (tertiary/aromatic N) is 4. The number of halogens is 1. The Morgan fingerprint density at radius 2 is 2.11 bits per heavy atom. The van der Waals surface area contributed by atoms with Crippen molar-refractivity contribution in [2.24, 2.45) is 0 Å². The average molecular weight is 386 g/mol. The highest BCUT2D eigenvalue weighted by Crippen LogP contribution is 2.42. The molecule has 3 aromatic rings. The maximum Gasteiger partial charge on any atom is 0.226 e. The van der Waals surface area contributed by atoms with E-state index in [1.165, 1.54) is 7.11 Å². The van der Waals surface area contributed by atoms with Crippen LogP contribution in [-0.4, -0.2) is 38.1 Å². The van der Waals surface area contributed by atoms with Gasteiger partial charge in [0.2, 0.25) is 5.91 Å². The Hall–Kier alpha value is -3.13. The number of methoxy groups -OCH3 is 1. The number of anilines is 1. The second-order valence-corrected chi connectivity index (χ2v) is 6.60. The van der Waals surface area contributed by atoms with Gasteiger partial charge < -0.3 is 15.2 Å². The molecule has 0 aliphatic carbocycles. The molecule has 4 rings (SSSR count). The predicted molar refractivity (Wildman–Crippen MR) is 98.6 cm³/mol. The molecule has 27 heavy (non-hydrogen) atoms. The molecule has 2 aromatic heterocycles. The third-order valence-electron chi connectivity index (χ3n) is 4.54. The van der Waals surface area contributed by atoms with E-state index in [0.717, 1.165) is 16.8 Å². The lowest BCUT2D eigenvalue weighted by atomic mass is 9.85. The van der Waals surface area contributed by atoms with Gasteiger partial charge in [0.1, 0.15) is 5.82 Å². The van der Waals surface area contributed by atoms with Gasteiger partial charge in [-0.1, -0.05) is 17.7 Å². The van der Waals surface area contributed by atoms with Gasteiger partial charge in [-0.15, -0.1) is 10.2 Å². The van der Waals surface area contributed by atoms with E-state index in [1.54, 1.807) is 35.0 Å². The van der Waals surface area contributed by atoms with Crippen molar-refractivity contribution in [1.29, 1.82) is 0 Å². The molecular formula is C18H16ClN5O3. The number of rotatable bonds is 3. The minimum absolute atomic E-state index is 0.0468. The number of benzene rings is 1. The number of phenols is 1. The summed E-state index contributed by atoms with van der Waals surface area (Å²) in [5, 5.41) is 25.4. The number of fused-ring (bicyclic) bond motifs is 1. The zero-order chi connectivity index (χ0) is 19.1. The highest BCUT2D eigenvalue weighted by molar-refractivity contribution is 6.29. The second kappa shape index (κ2) is 6.55. The van der Waals surface area contributed by atoms with Crippen LogP contribution in [0, 0.1) is 6.92 Å². The molecule has 1 atom stereocenters. The van der Waals surface area contributed by atoms with E-state index in [0.29, 0.717) is 17.4 Å². The molecule has 1 aromatic carbocycles. The van der Waals surface area contributed by atoms with Crippen LogP contribution in [0.25, 0.3) is 5.82 Å². The van der Waals surface area contributed by atoms with Gasteiger partial charge in [-0.2, -0.15) is 9.78 Å². The number of hydrogen-bond donors (Lipinski definition) is 2. The molecule has 0 saturated heterocycles. The van der Waals surface area contributed by atoms with E-state index < -0.39 is 0 Å². The Morgan fingerprint density at radius 3 is 2.81 bits per heavy atom. The first-order chi connectivity index (χ1) is 13.0. The van der Waals surface area contributed by atoms with Crippen LogP contribution in [-0.2, 0) is 4.79 Å². The van der Waals surface area contributed by atoms with E-state index in [9.17, 15) is 9.90 Å². The minimum atomic E-state index is -0.225. The van der Waals surface area contributed by atoms with Crippen molar-refractivity contribution in [1.82, 2.24) is 20.0 Å². The zero-order valence-corrected chi connectivity index (χ0v) is 15.4. The molecule has 1 unspecified atom stereocenters. The largest absolute Gasteiger partial charge is 0.504 e. The van der Waals surface area contributed by atoms with Crippen LogP contribution < -0.4 is 10.1 Å². The zero-order valence-electron chi connectivity index (χ0n) is 14.6. The highest BCUT2D eigenvalue weighted by atomic mass is 35.5. The van der Waals surface area contributed by atoms with Crippen LogP contribution in [0.2, 0.25) is 5.15 Å². The lowest BCUT2D eigenvalue weighted by Gasteiger charge is -2.24. The lowest BCUT2D eigenvalue weighted by Crippen LogP contribution is -2.25. The van der Waals surface area contributed by atoms with Gasteiger partial charge in [-0.3, -0.25) is 4.79 Å². The van der Waals surface area contributed by atoms with Crippen molar-refractivity contribution in [2.45, 2.75) is 19.3 Å². The molecule has 0 radical (unpaired) electrons. The quantitative estimate of drug-likeness (QED) is 0.718. The fourth-order valence-electron chi connectivity index (χ4n) is 3.33. The van der Waals surface area contributed by atoms with Gasteiger partial charge in [0.05, 0.1) is 12.8 Å². The molecule has 3 heterocycles. The number of aromatic hydroxyl groups is 1. The van der Waals surface area contributed by atoms with E-state index >= 15 is 0 Å². The first-order valence-electron chi connectivity index (χ1n) is 8.23. The van der Waals surface area contributed by atoms with Gasteiger partial charge in [0.25, 0.3) is 0 Å². The number of hydrogen-bond acceptors (Lipinski definition) is 6. The Balaban J connectivity index is 1.85. The molecule has 2 N–H and O–H groups in total. The van der Waals surface area contributed by atoms with Crippen molar-refractivity contribution in [3.63, 3.8) is 0 Å². The second-order valence-electron chi connectivity index (χ2n) is 6.21. The summed E-state index contributed by atoms with van der Waals surface area (Å²) in [6.45, 7) is 1.88. The van der Waals surface area contributed by atoms with Crippen molar-refractivity contribution in [3.05, 3.63) is 52.3 Å². The smallest absolute Gasteiger partial charge is 0.226 e. The van der Waals surface area contributed by atoms with Crippen LogP contribution in [0.4, 0.5) is 5.82 Å². The topological polar surface area (TPSA) is 102 Å². The van der Waals surface area contributed by atoms with Gasteiger partial charge in [-0.05, 0) is 36.8 Å². The van der Waals surface area contributed by atoms with Crippen LogP contribution in [0.5, 0.6) is 11.5 Å². The fraction of sp³-hybridized carbons (Fsp3) is 0.222. The van der Waals surface area contributed by atoms with E-state index in [2.05, 4.69) is 20.6 Å². The third kappa shape index (κ3) is 2.97. The van der Waals surface area contributed by atoms with Crippen LogP contribution in [0.3, 0.4) is 0 Å². The number of amides is 1. The van der Waals surface area contributed by atoms with E-state index in [1.807, 2.05) is 6.92 Å². The number of ether oxygens (including phenoxy) is 1. The summed E-state index contributed by atoms with van der Waals surface area (Å²) in [4.78, 5) is 12.4. The molecule has 0 bridgehead atoms. The molecule has 8 nitrogen and oxygen atoms in total. The molecule has 1 aliphatic heterocycles. The van der Waals surface area contributed by atoms with Gasteiger partial charge in [0, 0.05) is 17.9 Å². The summed E-state index contributed by atoms with van der Waals surface area (Å²) in [7, 11) is 1.49. The molecule has 0 fully saturated rings. The SMILES string of the molecule is COc1cc(C2CC(=O)Nc3c2c(C)nn3-c2ccc(Cl)nn2)ccc1O. The summed E-state index contributed by atoms with van der Waals surface area (Å²) in [5.74, 6) is 1.05. The molecule has 0 saturated carbocycles. The number of aryl methyl sites for hydroxylation is 1. The summed E-state index contributed by atoms with van der Waals surface area (Å²) in [5.41, 5.74) is 2.50. The van der Waals surface area contributed by atoms with Crippen molar-refractivity contribution < 1.29 is 14.6 Å². The van der Waals surface area contributed by atoms with Crippen LogP contribution >= 0.6 is 11.6 Å². The van der Waals surface area contributed by atoms with Crippen LogP contribution in [0.15, 0.2) is 30.3 Å². The number of nitrogens with one attached hydrogen (secondary N) is 1. The maximum atomic E-state index is 12.4. The molecule has 9 heteroatoms. The molecule has 1 amide bonds. The minimum Gasteiger partial charge on any atom is -0.504 e. The van der Waals surface area contributed by atoms with Crippen molar-refractivity contribution in [3.8, 4) is 17.3 Å². The molecule has 0 spiro atoms. The summed E-state index contributed by atoms with van der Waals surface area (Å²) in [6, 6.07) is 8.37. The predicted octanol–water partition coefficient (Wildman–Crippen LogP) is 2.81. The number of phenolic OH excluding ortho intramolecular Hbond substituents is 1. The molecule has 1 aliphatic rings. The lowest BCUT2D eigenvalue weighted by molar-refractivity contribution is -0.116. The van der Waals surface area contributed by atoms with E-state index in [-0.39, 0.29) is 29.1 Å².